The topological polar surface area (TPSA) is 57.2 Å². The summed E-state index contributed by atoms with van der Waals surface area (Å²) < 4.78 is 31.4. The molecule has 1 aromatic carbocycles. The van der Waals surface area contributed by atoms with E-state index in [-0.39, 0.29) is 51.4 Å². The van der Waals surface area contributed by atoms with E-state index < -0.39 is 15.9 Å². The third kappa shape index (κ3) is 4.83. The molecule has 14 heavy (non-hydrogen) atoms. The van der Waals surface area contributed by atoms with Crippen molar-refractivity contribution < 1.29 is 64.4 Å². The van der Waals surface area contributed by atoms with Crippen LogP contribution in [0.15, 0.2) is 30.8 Å². The first-order valence-corrected chi connectivity index (χ1v) is 5.24. The average Bonchev–Trinajstić information content (AvgIpc) is 2.02. The van der Waals surface area contributed by atoms with Crippen LogP contribution in [-0.4, -0.2) is 13.0 Å². The fraction of sp³-hybridized carbons (Fsp3) is 0.111. The van der Waals surface area contributed by atoms with E-state index in [0.717, 1.165) is 0 Å². The van der Waals surface area contributed by atoms with Crippen LogP contribution in [0.25, 0.3) is 6.08 Å². The van der Waals surface area contributed by atoms with E-state index in [4.69, 9.17) is 0 Å². The molecule has 0 spiro atoms. The zero-order valence-electron chi connectivity index (χ0n) is 7.93. The summed E-state index contributed by atoms with van der Waals surface area (Å²) in [7, 11) is -4.21. The zero-order chi connectivity index (χ0) is 9.90. The van der Waals surface area contributed by atoms with Crippen LogP contribution in [0, 0.1) is 0 Å². The van der Waals surface area contributed by atoms with E-state index in [9.17, 15) is 13.0 Å². The first-order chi connectivity index (χ1) is 6.03. The van der Waals surface area contributed by atoms with Gasteiger partial charge >= 0.3 is 51.4 Å². The number of benzene rings is 1. The number of rotatable bonds is 3. The normalized spacial score (nSPS) is 10.4. The summed E-state index contributed by atoms with van der Waals surface area (Å²) in [5.41, 5.74) is 1.18. The SMILES string of the molecule is C=Cc1ccccc1CS(=O)(=O)[O-].[K+]. The summed E-state index contributed by atoms with van der Waals surface area (Å²) in [4.78, 5) is 0. The van der Waals surface area contributed by atoms with Crippen LogP contribution >= 0.6 is 0 Å². The van der Waals surface area contributed by atoms with Crippen molar-refractivity contribution in [1.29, 1.82) is 0 Å². The minimum absolute atomic E-state index is 0. The van der Waals surface area contributed by atoms with Crippen molar-refractivity contribution in [3.8, 4) is 0 Å². The summed E-state index contributed by atoms with van der Waals surface area (Å²) in [5, 5.41) is 0. The van der Waals surface area contributed by atoms with Crippen LogP contribution < -0.4 is 51.4 Å². The van der Waals surface area contributed by atoms with Gasteiger partial charge in [-0.15, -0.1) is 0 Å². The Morgan fingerprint density at radius 1 is 1.36 bits per heavy atom. The van der Waals surface area contributed by atoms with Gasteiger partial charge in [0.2, 0.25) is 0 Å². The van der Waals surface area contributed by atoms with E-state index in [2.05, 4.69) is 6.58 Å². The van der Waals surface area contributed by atoms with Gasteiger partial charge in [0.25, 0.3) is 0 Å². The second kappa shape index (κ2) is 6.17. The van der Waals surface area contributed by atoms with Crippen LogP contribution in [0.2, 0.25) is 0 Å². The van der Waals surface area contributed by atoms with E-state index in [0.29, 0.717) is 11.1 Å². The molecule has 0 aliphatic rings. The van der Waals surface area contributed by atoms with Crippen molar-refractivity contribution in [3.05, 3.63) is 42.0 Å². The third-order valence-electron chi connectivity index (χ3n) is 1.61. The molecule has 0 unspecified atom stereocenters. The van der Waals surface area contributed by atoms with E-state index >= 15 is 0 Å². The molecule has 0 aliphatic heterocycles. The van der Waals surface area contributed by atoms with Gasteiger partial charge in [-0.05, 0) is 11.1 Å². The van der Waals surface area contributed by atoms with E-state index in [1.54, 1.807) is 24.3 Å². The monoisotopic (exact) mass is 236 g/mol. The Morgan fingerprint density at radius 3 is 2.43 bits per heavy atom. The summed E-state index contributed by atoms with van der Waals surface area (Å²) in [5.74, 6) is -0.477. The number of hydrogen-bond donors (Lipinski definition) is 0. The molecule has 0 N–H and O–H groups in total. The fourth-order valence-electron chi connectivity index (χ4n) is 1.06. The fourth-order valence-corrected chi connectivity index (χ4v) is 1.70. The molecule has 1 rings (SSSR count). The molecule has 0 aliphatic carbocycles. The maximum atomic E-state index is 10.5. The predicted molar refractivity (Wildman–Crippen MR) is 49.9 cm³/mol. The van der Waals surface area contributed by atoms with Crippen molar-refractivity contribution in [2.75, 3.05) is 0 Å². The summed E-state index contributed by atoms with van der Waals surface area (Å²) >= 11 is 0. The van der Waals surface area contributed by atoms with Crippen LogP contribution in [0.4, 0.5) is 0 Å². The van der Waals surface area contributed by atoms with Crippen molar-refractivity contribution in [3.63, 3.8) is 0 Å². The first-order valence-electron chi connectivity index (χ1n) is 3.67. The van der Waals surface area contributed by atoms with Gasteiger partial charge < -0.3 is 4.55 Å². The van der Waals surface area contributed by atoms with Gasteiger partial charge in [-0.3, -0.25) is 0 Å². The second-order valence-electron chi connectivity index (χ2n) is 2.60. The van der Waals surface area contributed by atoms with Crippen molar-refractivity contribution in [1.82, 2.24) is 0 Å². The summed E-state index contributed by atoms with van der Waals surface area (Å²) in [6.07, 6.45) is 1.53. The molecule has 70 valence electrons. The molecule has 0 saturated carbocycles. The van der Waals surface area contributed by atoms with Gasteiger partial charge in [0.1, 0.15) is 0 Å². The Bertz CT molecular complexity index is 412. The summed E-state index contributed by atoms with van der Waals surface area (Å²) in [6, 6.07) is 6.77. The van der Waals surface area contributed by atoms with Gasteiger partial charge in [0.15, 0.2) is 0 Å². The minimum Gasteiger partial charge on any atom is -0.748 e. The molecule has 5 heteroatoms. The minimum atomic E-state index is -4.21. The largest absolute Gasteiger partial charge is 1.00 e. The molecular formula is C9H9KO3S. The third-order valence-corrected chi connectivity index (χ3v) is 2.27. The molecule has 0 saturated heterocycles. The Balaban J connectivity index is 0.00000169. The quantitative estimate of drug-likeness (QED) is 0.468. The molecule has 0 atom stereocenters. The van der Waals surface area contributed by atoms with E-state index in [1.807, 2.05) is 0 Å². The molecule has 0 radical (unpaired) electrons. The Hall–Kier alpha value is 0.506. The Morgan fingerprint density at radius 2 is 1.93 bits per heavy atom. The number of hydrogen-bond acceptors (Lipinski definition) is 3. The molecule has 0 aromatic heterocycles. The molecule has 3 nitrogen and oxygen atoms in total. The van der Waals surface area contributed by atoms with Gasteiger partial charge in [0.05, 0.1) is 15.9 Å². The summed E-state index contributed by atoms with van der Waals surface area (Å²) in [6.45, 7) is 3.52. The first kappa shape index (κ1) is 14.5. The molecule has 0 heterocycles. The zero-order valence-corrected chi connectivity index (χ0v) is 11.9. The molecular weight excluding hydrogens is 227 g/mol. The maximum absolute atomic E-state index is 10.5. The van der Waals surface area contributed by atoms with Crippen molar-refractivity contribution in [2.24, 2.45) is 0 Å². The van der Waals surface area contributed by atoms with Crippen LogP contribution in [0.3, 0.4) is 0 Å². The maximum Gasteiger partial charge on any atom is 1.00 e. The Labute approximate surface area is 126 Å². The molecule has 0 amide bonds. The average molecular weight is 236 g/mol. The smallest absolute Gasteiger partial charge is 0.748 e. The van der Waals surface area contributed by atoms with Gasteiger partial charge in [-0.1, -0.05) is 36.9 Å². The van der Waals surface area contributed by atoms with Crippen molar-refractivity contribution >= 4 is 16.2 Å². The van der Waals surface area contributed by atoms with Crippen LogP contribution in [0.1, 0.15) is 11.1 Å². The van der Waals surface area contributed by atoms with Crippen LogP contribution in [0.5, 0.6) is 0 Å². The van der Waals surface area contributed by atoms with Gasteiger partial charge in [0, 0.05) is 0 Å². The standard InChI is InChI=1S/C9H10O3S.K/c1-2-8-5-3-4-6-9(8)7-13(10,11)12;/h2-6H,1,7H2,(H,10,11,12);/q;+1/p-1. The van der Waals surface area contributed by atoms with Crippen molar-refractivity contribution in [2.45, 2.75) is 5.75 Å². The van der Waals surface area contributed by atoms with Crippen LogP contribution in [-0.2, 0) is 15.9 Å². The Kier molecular flexibility index (Phi) is 6.39. The second-order valence-corrected chi connectivity index (χ2v) is 4.01. The molecule has 0 fully saturated rings. The molecule has 1 aromatic rings. The van der Waals surface area contributed by atoms with Gasteiger partial charge in [-0.2, -0.15) is 0 Å². The molecule has 0 bridgehead atoms. The van der Waals surface area contributed by atoms with E-state index in [1.165, 1.54) is 6.08 Å². The predicted octanol–water partition coefficient (Wildman–Crippen LogP) is -1.62. The van der Waals surface area contributed by atoms with Gasteiger partial charge in [-0.25, -0.2) is 8.42 Å².